The molecule has 140 valence electrons. The Hall–Kier alpha value is -2.56. The number of likely N-dealkylation sites (N-methyl/N-ethyl adjacent to an activating group) is 1. The molecule has 0 aliphatic rings. The van der Waals surface area contributed by atoms with Crippen molar-refractivity contribution in [1.29, 1.82) is 0 Å². The van der Waals surface area contributed by atoms with E-state index in [0.717, 1.165) is 16.3 Å². The number of nitrogens with one attached hydrogen (secondary N) is 1. The Bertz CT molecular complexity index is 922. The molecule has 0 fully saturated rings. The van der Waals surface area contributed by atoms with Crippen molar-refractivity contribution in [3.05, 3.63) is 77.3 Å². The number of hydrogen-bond acceptors (Lipinski definition) is 3. The summed E-state index contributed by atoms with van der Waals surface area (Å²) in [5.74, 6) is 0.542. The average molecular weight is 383 g/mol. The minimum atomic E-state index is -0.165. The van der Waals surface area contributed by atoms with Crippen LogP contribution in [0.25, 0.3) is 10.8 Å². The van der Waals surface area contributed by atoms with Gasteiger partial charge in [0.1, 0.15) is 5.75 Å². The predicted molar refractivity (Wildman–Crippen MR) is 110 cm³/mol. The summed E-state index contributed by atoms with van der Waals surface area (Å²) in [6.07, 6.45) is 0. The molecular weight excluding hydrogens is 360 g/mol. The lowest BCUT2D eigenvalue weighted by Crippen LogP contribution is -2.37. The quantitative estimate of drug-likeness (QED) is 0.662. The number of ether oxygens (including phenoxy) is 1. The highest BCUT2D eigenvalue weighted by Gasteiger charge is 2.18. The van der Waals surface area contributed by atoms with Gasteiger partial charge in [-0.05, 0) is 37.2 Å². The molecule has 1 amide bonds. The van der Waals surface area contributed by atoms with Gasteiger partial charge >= 0.3 is 0 Å². The van der Waals surface area contributed by atoms with Crippen molar-refractivity contribution in [2.24, 2.45) is 0 Å². The zero-order valence-corrected chi connectivity index (χ0v) is 16.2. The highest BCUT2D eigenvalue weighted by molar-refractivity contribution is 6.31. The van der Waals surface area contributed by atoms with E-state index in [2.05, 4.69) is 5.32 Å². The minimum absolute atomic E-state index is 0.0137. The summed E-state index contributed by atoms with van der Waals surface area (Å²) >= 11 is 6.31. The summed E-state index contributed by atoms with van der Waals surface area (Å²) in [5.41, 5.74) is 0.986. The van der Waals surface area contributed by atoms with Gasteiger partial charge in [-0.2, -0.15) is 0 Å². The summed E-state index contributed by atoms with van der Waals surface area (Å²) in [6, 6.07) is 21.4. The van der Waals surface area contributed by atoms with Gasteiger partial charge in [0.2, 0.25) is 0 Å². The molecule has 3 rings (SSSR count). The third-order valence-corrected chi connectivity index (χ3v) is 4.83. The van der Waals surface area contributed by atoms with Crippen molar-refractivity contribution in [2.45, 2.75) is 6.04 Å². The zero-order chi connectivity index (χ0) is 19.2. The fourth-order valence-electron chi connectivity index (χ4n) is 3.04. The summed E-state index contributed by atoms with van der Waals surface area (Å²) in [6.45, 7) is 0.422. The van der Waals surface area contributed by atoms with E-state index in [1.165, 1.54) is 0 Å². The first kappa shape index (κ1) is 19.2. The van der Waals surface area contributed by atoms with Gasteiger partial charge < -0.3 is 15.0 Å². The van der Waals surface area contributed by atoms with Crippen LogP contribution < -0.4 is 10.1 Å². The molecule has 0 aromatic heterocycles. The molecule has 0 heterocycles. The van der Waals surface area contributed by atoms with Crippen LogP contribution in [-0.2, 0) is 4.79 Å². The average Bonchev–Trinajstić information content (AvgIpc) is 2.67. The second kappa shape index (κ2) is 8.89. The van der Waals surface area contributed by atoms with Crippen LogP contribution in [0.4, 0.5) is 0 Å². The number of amides is 1. The fourth-order valence-corrected chi connectivity index (χ4v) is 3.30. The number of carbonyl (C=O) groups excluding carboxylic acids is 1. The molecule has 0 aliphatic carbocycles. The van der Waals surface area contributed by atoms with Crippen molar-refractivity contribution in [3.63, 3.8) is 0 Å². The standard InChI is InChI=1S/C22H23ClN2O2/c1-25(2)20(18-11-5-6-12-19(18)23)14-24-22(26)15-27-21-13-7-9-16-8-3-4-10-17(16)21/h3-13,20H,14-15H2,1-2H3,(H,24,26). The van der Waals surface area contributed by atoms with E-state index in [4.69, 9.17) is 16.3 Å². The summed E-state index contributed by atoms with van der Waals surface area (Å²) in [7, 11) is 3.93. The Balaban J connectivity index is 1.61. The molecule has 1 N–H and O–H groups in total. The van der Waals surface area contributed by atoms with E-state index in [-0.39, 0.29) is 18.6 Å². The number of halogens is 1. The number of nitrogens with zero attached hydrogens (tertiary/aromatic N) is 1. The lowest BCUT2D eigenvalue weighted by molar-refractivity contribution is -0.123. The molecule has 0 spiro atoms. The van der Waals surface area contributed by atoms with Crippen LogP contribution in [0, 0.1) is 0 Å². The van der Waals surface area contributed by atoms with E-state index in [9.17, 15) is 4.79 Å². The van der Waals surface area contributed by atoms with Crippen LogP contribution in [-0.4, -0.2) is 38.1 Å². The van der Waals surface area contributed by atoms with Gasteiger partial charge in [0, 0.05) is 17.0 Å². The molecule has 3 aromatic rings. The first-order valence-electron chi connectivity index (χ1n) is 8.84. The first-order chi connectivity index (χ1) is 13.1. The number of carbonyl (C=O) groups is 1. The van der Waals surface area contributed by atoms with Crippen molar-refractivity contribution in [2.75, 3.05) is 27.2 Å². The van der Waals surface area contributed by atoms with Crippen LogP contribution in [0.1, 0.15) is 11.6 Å². The maximum atomic E-state index is 12.3. The maximum absolute atomic E-state index is 12.3. The largest absolute Gasteiger partial charge is 0.483 e. The first-order valence-corrected chi connectivity index (χ1v) is 9.22. The Morgan fingerprint density at radius 2 is 1.74 bits per heavy atom. The van der Waals surface area contributed by atoms with Crippen LogP contribution in [0.3, 0.4) is 0 Å². The molecule has 27 heavy (non-hydrogen) atoms. The molecular formula is C22H23ClN2O2. The van der Waals surface area contributed by atoms with Gasteiger partial charge in [0.15, 0.2) is 6.61 Å². The Morgan fingerprint density at radius 1 is 1.04 bits per heavy atom. The predicted octanol–water partition coefficient (Wildman–Crippen LogP) is 4.29. The minimum Gasteiger partial charge on any atom is -0.483 e. The molecule has 1 unspecified atom stereocenters. The van der Waals surface area contributed by atoms with E-state index in [1.54, 1.807) is 0 Å². The van der Waals surface area contributed by atoms with E-state index in [1.807, 2.05) is 85.7 Å². The normalized spacial score (nSPS) is 12.1. The topological polar surface area (TPSA) is 41.6 Å². The van der Waals surface area contributed by atoms with Crippen molar-refractivity contribution in [1.82, 2.24) is 10.2 Å². The van der Waals surface area contributed by atoms with Crippen molar-refractivity contribution < 1.29 is 9.53 Å². The molecule has 0 saturated heterocycles. The van der Waals surface area contributed by atoms with E-state index >= 15 is 0 Å². The maximum Gasteiger partial charge on any atom is 0.258 e. The summed E-state index contributed by atoms with van der Waals surface area (Å²) in [4.78, 5) is 14.3. The third-order valence-electron chi connectivity index (χ3n) is 4.49. The molecule has 5 heteroatoms. The number of fused-ring (bicyclic) bond motifs is 1. The van der Waals surface area contributed by atoms with Crippen LogP contribution in [0.15, 0.2) is 66.7 Å². The van der Waals surface area contributed by atoms with Crippen molar-refractivity contribution in [3.8, 4) is 5.75 Å². The highest BCUT2D eigenvalue weighted by atomic mass is 35.5. The van der Waals surface area contributed by atoms with Gasteiger partial charge in [0.05, 0.1) is 6.04 Å². The highest BCUT2D eigenvalue weighted by Crippen LogP contribution is 2.26. The second-order valence-electron chi connectivity index (χ2n) is 6.57. The van der Waals surface area contributed by atoms with E-state index in [0.29, 0.717) is 17.3 Å². The number of hydrogen-bond donors (Lipinski definition) is 1. The van der Waals surface area contributed by atoms with Crippen LogP contribution in [0.2, 0.25) is 5.02 Å². The second-order valence-corrected chi connectivity index (χ2v) is 6.98. The lowest BCUT2D eigenvalue weighted by Gasteiger charge is -2.26. The zero-order valence-electron chi connectivity index (χ0n) is 15.5. The molecule has 1 atom stereocenters. The molecule has 0 saturated carbocycles. The summed E-state index contributed by atoms with van der Waals surface area (Å²) < 4.78 is 5.75. The third kappa shape index (κ3) is 4.79. The van der Waals surface area contributed by atoms with E-state index < -0.39 is 0 Å². The van der Waals surface area contributed by atoms with Crippen LogP contribution in [0.5, 0.6) is 5.75 Å². The molecule has 3 aromatic carbocycles. The Kier molecular flexibility index (Phi) is 6.32. The smallest absolute Gasteiger partial charge is 0.258 e. The molecule has 0 bridgehead atoms. The van der Waals surface area contributed by atoms with Crippen LogP contribution >= 0.6 is 11.6 Å². The Labute approximate surface area is 164 Å². The van der Waals surface area contributed by atoms with Gasteiger partial charge in [-0.15, -0.1) is 0 Å². The van der Waals surface area contributed by atoms with Gasteiger partial charge in [-0.3, -0.25) is 4.79 Å². The summed E-state index contributed by atoms with van der Waals surface area (Å²) in [5, 5.41) is 5.72. The van der Waals surface area contributed by atoms with Gasteiger partial charge in [0.25, 0.3) is 5.91 Å². The lowest BCUT2D eigenvalue weighted by atomic mass is 10.1. The molecule has 4 nitrogen and oxygen atoms in total. The molecule has 0 aliphatic heterocycles. The monoisotopic (exact) mass is 382 g/mol. The molecule has 0 radical (unpaired) electrons. The number of rotatable bonds is 7. The van der Waals surface area contributed by atoms with Gasteiger partial charge in [-0.1, -0.05) is 66.2 Å². The van der Waals surface area contributed by atoms with Crippen molar-refractivity contribution >= 4 is 28.3 Å². The fraction of sp³-hybridized carbons (Fsp3) is 0.227. The SMILES string of the molecule is CN(C)C(CNC(=O)COc1cccc2ccccc12)c1ccccc1Cl. The van der Waals surface area contributed by atoms with Gasteiger partial charge in [-0.25, -0.2) is 0 Å². The Morgan fingerprint density at radius 3 is 2.52 bits per heavy atom. The number of benzene rings is 3.